The molecule has 0 aromatic rings. The van der Waals surface area contributed by atoms with E-state index in [-0.39, 0.29) is 11.8 Å². The number of carbonyl (C=O) groups excluding carboxylic acids is 2. The SMILES string of the molecule is CSCCC(=O)NCCCCCC(N)=O. The Morgan fingerprint density at radius 3 is 2.53 bits per heavy atom. The largest absolute Gasteiger partial charge is 0.370 e. The highest BCUT2D eigenvalue weighted by Crippen LogP contribution is 1.98. The zero-order valence-electron chi connectivity index (χ0n) is 9.25. The van der Waals surface area contributed by atoms with Crippen molar-refractivity contribution in [3.05, 3.63) is 0 Å². The maximum Gasteiger partial charge on any atom is 0.220 e. The van der Waals surface area contributed by atoms with E-state index in [9.17, 15) is 9.59 Å². The summed E-state index contributed by atoms with van der Waals surface area (Å²) in [5.41, 5.74) is 5.00. The molecular formula is C10H20N2O2S. The summed E-state index contributed by atoms with van der Waals surface area (Å²) in [5.74, 6) is 0.728. The lowest BCUT2D eigenvalue weighted by molar-refractivity contribution is -0.121. The molecule has 0 spiro atoms. The molecule has 0 fully saturated rings. The zero-order valence-corrected chi connectivity index (χ0v) is 10.1. The van der Waals surface area contributed by atoms with Crippen molar-refractivity contribution < 1.29 is 9.59 Å². The van der Waals surface area contributed by atoms with Gasteiger partial charge in [-0.25, -0.2) is 0 Å². The number of hydrogen-bond acceptors (Lipinski definition) is 3. The fourth-order valence-corrected chi connectivity index (χ4v) is 1.50. The van der Waals surface area contributed by atoms with Crippen molar-refractivity contribution in [1.29, 1.82) is 0 Å². The first-order chi connectivity index (χ1) is 7.16. The molecule has 4 nitrogen and oxygen atoms in total. The molecule has 0 aromatic heterocycles. The molecule has 88 valence electrons. The van der Waals surface area contributed by atoms with Crippen LogP contribution in [0.5, 0.6) is 0 Å². The summed E-state index contributed by atoms with van der Waals surface area (Å²) < 4.78 is 0. The fourth-order valence-electron chi connectivity index (χ4n) is 1.11. The summed E-state index contributed by atoms with van der Waals surface area (Å²) in [7, 11) is 0. The lowest BCUT2D eigenvalue weighted by atomic mass is 10.2. The number of primary amides is 1. The molecule has 0 unspecified atom stereocenters. The molecule has 0 saturated heterocycles. The Morgan fingerprint density at radius 2 is 1.93 bits per heavy atom. The Hall–Kier alpha value is -0.710. The Bertz CT molecular complexity index is 198. The van der Waals surface area contributed by atoms with Crippen molar-refractivity contribution in [3.63, 3.8) is 0 Å². The Labute approximate surface area is 95.4 Å². The van der Waals surface area contributed by atoms with Gasteiger partial charge in [0.2, 0.25) is 11.8 Å². The number of unbranched alkanes of at least 4 members (excludes halogenated alkanes) is 2. The summed E-state index contributed by atoms with van der Waals surface area (Å²) in [6.07, 6.45) is 5.68. The van der Waals surface area contributed by atoms with Crippen molar-refractivity contribution in [1.82, 2.24) is 5.32 Å². The van der Waals surface area contributed by atoms with Crippen LogP contribution in [0.3, 0.4) is 0 Å². The molecule has 0 aliphatic rings. The van der Waals surface area contributed by atoms with Gasteiger partial charge in [-0.1, -0.05) is 6.42 Å². The monoisotopic (exact) mass is 232 g/mol. The van der Waals surface area contributed by atoms with E-state index in [1.54, 1.807) is 11.8 Å². The normalized spacial score (nSPS) is 9.93. The minimum absolute atomic E-state index is 0.110. The third kappa shape index (κ3) is 11.2. The van der Waals surface area contributed by atoms with Gasteiger partial charge in [-0.15, -0.1) is 0 Å². The molecule has 0 atom stereocenters. The highest BCUT2D eigenvalue weighted by molar-refractivity contribution is 7.98. The summed E-state index contributed by atoms with van der Waals surface area (Å²) in [6, 6.07) is 0. The molecule has 0 heterocycles. The van der Waals surface area contributed by atoms with Crippen LogP contribution in [0, 0.1) is 0 Å². The minimum atomic E-state index is -0.251. The first-order valence-electron chi connectivity index (χ1n) is 5.20. The molecule has 0 rings (SSSR count). The number of hydrogen-bond donors (Lipinski definition) is 2. The number of rotatable bonds is 9. The second kappa shape index (κ2) is 9.83. The Kier molecular flexibility index (Phi) is 9.36. The van der Waals surface area contributed by atoms with Crippen molar-refractivity contribution in [3.8, 4) is 0 Å². The van der Waals surface area contributed by atoms with E-state index in [0.29, 0.717) is 19.4 Å². The van der Waals surface area contributed by atoms with Gasteiger partial charge in [-0.2, -0.15) is 11.8 Å². The highest BCUT2D eigenvalue weighted by Gasteiger charge is 1.99. The van der Waals surface area contributed by atoms with Crippen LogP contribution in [0.4, 0.5) is 0 Å². The van der Waals surface area contributed by atoms with Gasteiger partial charge < -0.3 is 11.1 Å². The summed E-state index contributed by atoms with van der Waals surface area (Å²) in [6.45, 7) is 0.700. The first-order valence-corrected chi connectivity index (χ1v) is 6.60. The van der Waals surface area contributed by atoms with E-state index in [1.165, 1.54) is 0 Å². The third-order valence-electron chi connectivity index (χ3n) is 1.96. The van der Waals surface area contributed by atoms with Crippen LogP contribution >= 0.6 is 11.8 Å². The van der Waals surface area contributed by atoms with Crippen molar-refractivity contribution in [2.75, 3.05) is 18.6 Å². The van der Waals surface area contributed by atoms with Crippen LogP contribution in [0.2, 0.25) is 0 Å². The lowest BCUT2D eigenvalue weighted by Gasteiger charge is -2.03. The molecule has 0 radical (unpaired) electrons. The van der Waals surface area contributed by atoms with Crippen LogP contribution < -0.4 is 11.1 Å². The standard InChI is InChI=1S/C10H20N2O2S/c1-15-8-6-10(14)12-7-4-2-3-5-9(11)13/h2-8H2,1H3,(H2,11,13)(H,12,14). The number of nitrogens with one attached hydrogen (secondary N) is 1. The van der Waals surface area contributed by atoms with Crippen molar-refractivity contribution >= 4 is 23.6 Å². The van der Waals surface area contributed by atoms with Crippen LogP contribution in [0.25, 0.3) is 0 Å². The van der Waals surface area contributed by atoms with Gasteiger partial charge >= 0.3 is 0 Å². The first kappa shape index (κ1) is 14.3. The Morgan fingerprint density at radius 1 is 1.20 bits per heavy atom. The summed E-state index contributed by atoms with van der Waals surface area (Å²) >= 11 is 1.67. The minimum Gasteiger partial charge on any atom is -0.370 e. The number of carbonyl (C=O) groups is 2. The average Bonchev–Trinajstić information content (AvgIpc) is 2.19. The maximum absolute atomic E-state index is 11.1. The second-order valence-corrected chi connectivity index (χ2v) is 4.36. The van der Waals surface area contributed by atoms with E-state index in [1.807, 2.05) is 6.26 Å². The predicted octanol–water partition coefficient (Wildman–Crippen LogP) is 0.901. The molecule has 2 amide bonds. The van der Waals surface area contributed by atoms with Crippen molar-refractivity contribution in [2.24, 2.45) is 5.73 Å². The van der Waals surface area contributed by atoms with E-state index in [4.69, 9.17) is 5.73 Å². The van der Waals surface area contributed by atoms with Crippen LogP contribution in [-0.4, -0.2) is 30.4 Å². The topological polar surface area (TPSA) is 72.2 Å². The molecular weight excluding hydrogens is 212 g/mol. The van der Waals surface area contributed by atoms with E-state index in [0.717, 1.165) is 25.0 Å². The van der Waals surface area contributed by atoms with Crippen LogP contribution in [-0.2, 0) is 9.59 Å². The predicted molar refractivity (Wildman–Crippen MR) is 63.7 cm³/mol. The third-order valence-corrected chi connectivity index (χ3v) is 2.57. The van der Waals surface area contributed by atoms with Gasteiger partial charge in [0.15, 0.2) is 0 Å². The van der Waals surface area contributed by atoms with Gasteiger partial charge in [-0.3, -0.25) is 9.59 Å². The molecule has 5 heteroatoms. The lowest BCUT2D eigenvalue weighted by Crippen LogP contribution is -2.24. The van der Waals surface area contributed by atoms with Gasteiger partial charge in [0.1, 0.15) is 0 Å². The van der Waals surface area contributed by atoms with Gasteiger partial charge in [0.25, 0.3) is 0 Å². The maximum atomic E-state index is 11.1. The van der Waals surface area contributed by atoms with Gasteiger partial charge in [-0.05, 0) is 19.1 Å². The smallest absolute Gasteiger partial charge is 0.220 e. The molecule has 0 aliphatic heterocycles. The van der Waals surface area contributed by atoms with Gasteiger partial charge in [0.05, 0.1) is 0 Å². The summed E-state index contributed by atoms with van der Waals surface area (Å²) in [5, 5.41) is 2.84. The van der Waals surface area contributed by atoms with Crippen LogP contribution in [0.1, 0.15) is 32.1 Å². The second-order valence-electron chi connectivity index (χ2n) is 3.37. The number of thioether (sulfide) groups is 1. The zero-order chi connectivity index (χ0) is 11.5. The molecule has 0 aliphatic carbocycles. The number of amides is 2. The van der Waals surface area contributed by atoms with Crippen LogP contribution in [0.15, 0.2) is 0 Å². The van der Waals surface area contributed by atoms with E-state index >= 15 is 0 Å². The van der Waals surface area contributed by atoms with Gasteiger partial charge in [0, 0.05) is 25.1 Å². The molecule has 15 heavy (non-hydrogen) atoms. The fraction of sp³-hybridized carbons (Fsp3) is 0.800. The molecule has 0 bridgehead atoms. The molecule has 3 N–H and O–H groups in total. The average molecular weight is 232 g/mol. The molecule has 0 aromatic carbocycles. The Balaban J connectivity index is 3.16. The molecule has 0 saturated carbocycles. The summed E-state index contributed by atoms with van der Waals surface area (Å²) in [4.78, 5) is 21.6. The van der Waals surface area contributed by atoms with E-state index in [2.05, 4.69) is 5.32 Å². The van der Waals surface area contributed by atoms with E-state index < -0.39 is 0 Å². The number of nitrogens with two attached hydrogens (primary N) is 1. The highest BCUT2D eigenvalue weighted by atomic mass is 32.2. The van der Waals surface area contributed by atoms with Crippen molar-refractivity contribution in [2.45, 2.75) is 32.1 Å². The quantitative estimate of drug-likeness (QED) is 0.580.